The summed E-state index contributed by atoms with van der Waals surface area (Å²) in [7, 11) is 2.04. The maximum Gasteiger partial charge on any atom is 0.339 e. The Balaban J connectivity index is 1.87. The van der Waals surface area contributed by atoms with E-state index in [0.717, 1.165) is 25.9 Å². The topological polar surface area (TPSA) is 83.8 Å². The number of rotatable bonds is 4. The summed E-state index contributed by atoms with van der Waals surface area (Å²) in [5, 5.41) is 12.7. The summed E-state index contributed by atoms with van der Waals surface area (Å²) >= 11 is 0. The molecule has 1 aromatic rings. The largest absolute Gasteiger partial charge is 0.478 e. The van der Waals surface area contributed by atoms with Crippen LogP contribution in [0.2, 0.25) is 0 Å². The maximum atomic E-state index is 14.1. The van der Waals surface area contributed by atoms with E-state index in [1.807, 2.05) is 7.05 Å². The predicted molar refractivity (Wildman–Crippen MR) is 91.2 cm³/mol. The number of pyridine rings is 1. The van der Waals surface area contributed by atoms with Gasteiger partial charge in [-0.15, -0.1) is 0 Å². The van der Waals surface area contributed by atoms with Crippen LogP contribution in [0.3, 0.4) is 0 Å². The molecule has 2 saturated heterocycles. The number of halogens is 1. The number of piperidine rings is 1. The van der Waals surface area contributed by atoms with Crippen LogP contribution in [0.4, 0.5) is 10.1 Å². The minimum absolute atomic E-state index is 0.00257. The molecule has 0 saturated carbocycles. The van der Waals surface area contributed by atoms with Crippen molar-refractivity contribution in [2.24, 2.45) is 0 Å². The highest BCUT2D eigenvalue weighted by atomic mass is 19.1. The van der Waals surface area contributed by atoms with Gasteiger partial charge in [-0.3, -0.25) is 4.79 Å². The van der Waals surface area contributed by atoms with Gasteiger partial charge in [0.1, 0.15) is 6.17 Å². The Morgan fingerprint density at radius 1 is 1.36 bits per heavy atom. The first-order valence-electron chi connectivity index (χ1n) is 8.62. The summed E-state index contributed by atoms with van der Waals surface area (Å²) in [6, 6.07) is 0.725. The van der Waals surface area contributed by atoms with Gasteiger partial charge in [-0.25, -0.2) is 9.18 Å². The van der Waals surface area contributed by atoms with E-state index >= 15 is 0 Å². The molecule has 0 amide bonds. The summed E-state index contributed by atoms with van der Waals surface area (Å²) in [5.74, 6) is -1.13. The number of aromatic nitrogens is 1. The highest BCUT2D eigenvalue weighted by Crippen LogP contribution is 2.25. The SMILES string of the molecule is CN1CCC(Nc2cc(=O)n([C@@H]3CCOC[C@H]3F)cc2C(=O)O)CC1. The fourth-order valence-corrected chi connectivity index (χ4v) is 3.48. The van der Waals surface area contributed by atoms with Crippen molar-refractivity contribution in [1.29, 1.82) is 0 Å². The van der Waals surface area contributed by atoms with Crippen LogP contribution in [0.5, 0.6) is 0 Å². The van der Waals surface area contributed by atoms with Crippen LogP contribution in [0.1, 0.15) is 35.7 Å². The minimum atomic E-state index is -1.32. The number of alkyl halides is 1. The van der Waals surface area contributed by atoms with Crippen molar-refractivity contribution >= 4 is 11.7 Å². The molecule has 3 rings (SSSR count). The third-order valence-corrected chi connectivity index (χ3v) is 5.00. The summed E-state index contributed by atoms with van der Waals surface area (Å²) < 4.78 is 20.4. The number of carbonyl (C=O) groups is 1. The molecule has 0 bridgehead atoms. The molecule has 0 spiro atoms. The van der Waals surface area contributed by atoms with E-state index in [-0.39, 0.29) is 18.2 Å². The monoisotopic (exact) mass is 353 g/mol. The molecule has 25 heavy (non-hydrogen) atoms. The fraction of sp³-hybridized carbons (Fsp3) is 0.647. The molecular weight excluding hydrogens is 329 g/mol. The number of aromatic carboxylic acids is 1. The second kappa shape index (κ2) is 7.53. The molecule has 3 heterocycles. The number of likely N-dealkylation sites (tertiary alicyclic amines) is 1. The molecular formula is C17H24FN3O4. The number of ether oxygens (including phenoxy) is 1. The smallest absolute Gasteiger partial charge is 0.339 e. The van der Waals surface area contributed by atoms with Gasteiger partial charge in [0.25, 0.3) is 5.56 Å². The van der Waals surface area contributed by atoms with E-state index in [1.54, 1.807) is 0 Å². The average Bonchev–Trinajstić information content (AvgIpc) is 2.58. The normalized spacial score (nSPS) is 25.7. The zero-order chi connectivity index (χ0) is 18.0. The summed E-state index contributed by atoms with van der Waals surface area (Å²) in [6.45, 7) is 2.12. The molecule has 138 valence electrons. The molecule has 2 aliphatic rings. The molecule has 0 aliphatic carbocycles. The number of carboxylic acids is 1. The van der Waals surface area contributed by atoms with Crippen LogP contribution in [0.25, 0.3) is 0 Å². The highest BCUT2D eigenvalue weighted by Gasteiger charge is 2.29. The molecule has 2 atom stereocenters. The van der Waals surface area contributed by atoms with Gasteiger partial charge < -0.3 is 24.6 Å². The molecule has 2 N–H and O–H groups in total. The number of nitrogens with zero attached hydrogens (tertiary/aromatic N) is 2. The van der Waals surface area contributed by atoms with Gasteiger partial charge in [0.05, 0.1) is 23.9 Å². The van der Waals surface area contributed by atoms with Gasteiger partial charge in [-0.1, -0.05) is 0 Å². The first-order chi connectivity index (χ1) is 12.0. The number of nitrogens with one attached hydrogen (secondary N) is 1. The van der Waals surface area contributed by atoms with Crippen molar-refractivity contribution in [2.75, 3.05) is 38.7 Å². The van der Waals surface area contributed by atoms with E-state index in [4.69, 9.17) is 4.74 Å². The van der Waals surface area contributed by atoms with Crippen molar-refractivity contribution in [3.63, 3.8) is 0 Å². The van der Waals surface area contributed by atoms with Crippen molar-refractivity contribution in [2.45, 2.75) is 37.5 Å². The zero-order valence-electron chi connectivity index (χ0n) is 14.3. The Morgan fingerprint density at radius 3 is 2.72 bits per heavy atom. The molecule has 1 aromatic heterocycles. The van der Waals surface area contributed by atoms with Gasteiger partial charge in [-0.2, -0.15) is 0 Å². The van der Waals surface area contributed by atoms with Gasteiger partial charge in [-0.05, 0) is 39.4 Å². The van der Waals surface area contributed by atoms with Crippen molar-refractivity contribution in [3.05, 3.63) is 28.2 Å². The Hall–Kier alpha value is -1.93. The number of hydrogen-bond acceptors (Lipinski definition) is 5. The van der Waals surface area contributed by atoms with E-state index in [0.29, 0.717) is 18.7 Å². The van der Waals surface area contributed by atoms with Crippen molar-refractivity contribution < 1.29 is 19.0 Å². The lowest BCUT2D eigenvalue weighted by atomic mass is 10.0. The third-order valence-electron chi connectivity index (χ3n) is 5.00. The first-order valence-corrected chi connectivity index (χ1v) is 8.62. The molecule has 0 unspecified atom stereocenters. The summed E-state index contributed by atoms with van der Waals surface area (Å²) in [5.41, 5.74) is -0.0852. The van der Waals surface area contributed by atoms with Crippen molar-refractivity contribution in [3.8, 4) is 0 Å². The molecule has 8 heteroatoms. The molecule has 2 aliphatic heterocycles. The first kappa shape index (κ1) is 17.9. The Bertz CT molecular complexity index is 685. The third kappa shape index (κ3) is 4.01. The van der Waals surface area contributed by atoms with Crippen LogP contribution in [0, 0.1) is 0 Å². The maximum absolute atomic E-state index is 14.1. The average molecular weight is 353 g/mol. The van der Waals surface area contributed by atoms with E-state index in [2.05, 4.69) is 10.2 Å². The number of carboxylic acid groups (broad SMARTS) is 1. The highest BCUT2D eigenvalue weighted by molar-refractivity contribution is 5.93. The van der Waals surface area contributed by atoms with Crippen LogP contribution in [-0.2, 0) is 4.74 Å². The van der Waals surface area contributed by atoms with E-state index < -0.39 is 23.7 Å². The quantitative estimate of drug-likeness (QED) is 0.850. The molecule has 7 nitrogen and oxygen atoms in total. The van der Waals surface area contributed by atoms with E-state index in [9.17, 15) is 19.1 Å². The summed E-state index contributed by atoms with van der Waals surface area (Å²) in [6.07, 6.45) is 2.06. The second-order valence-electron chi connectivity index (χ2n) is 6.82. The fourth-order valence-electron chi connectivity index (χ4n) is 3.48. The lowest BCUT2D eigenvalue weighted by Gasteiger charge is -2.31. The number of anilines is 1. The van der Waals surface area contributed by atoms with Gasteiger partial charge in [0.2, 0.25) is 0 Å². The van der Waals surface area contributed by atoms with Gasteiger partial charge in [0, 0.05) is 24.9 Å². The zero-order valence-corrected chi connectivity index (χ0v) is 14.3. The van der Waals surface area contributed by atoms with Crippen LogP contribution in [-0.4, -0.2) is 66.1 Å². The van der Waals surface area contributed by atoms with Crippen LogP contribution in [0.15, 0.2) is 17.1 Å². The minimum Gasteiger partial charge on any atom is -0.478 e. The number of hydrogen-bond donors (Lipinski definition) is 2. The van der Waals surface area contributed by atoms with Crippen molar-refractivity contribution in [1.82, 2.24) is 9.47 Å². The Morgan fingerprint density at radius 2 is 2.08 bits per heavy atom. The second-order valence-corrected chi connectivity index (χ2v) is 6.82. The molecule has 2 fully saturated rings. The van der Waals surface area contributed by atoms with Gasteiger partial charge in [0.15, 0.2) is 0 Å². The van der Waals surface area contributed by atoms with Crippen LogP contribution < -0.4 is 10.9 Å². The lowest BCUT2D eigenvalue weighted by molar-refractivity contribution is 0.00228. The Kier molecular flexibility index (Phi) is 5.39. The lowest BCUT2D eigenvalue weighted by Crippen LogP contribution is -2.39. The Labute approximate surface area is 145 Å². The summed E-state index contributed by atoms with van der Waals surface area (Å²) in [4.78, 5) is 26.3. The molecule has 0 aromatic carbocycles. The van der Waals surface area contributed by atoms with E-state index in [1.165, 1.54) is 16.8 Å². The van der Waals surface area contributed by atoms with Crippen LogP contribution >= 0.6 is 0 Å². The molecule has 0 radical (unpaired) electrons. The predicted octanol–water partition coefficient (Wildman–Crippen LogP) is 1.35. The van der Waals surface area contributed by atoms with Gasteiger partial charge >= 0.3 is 5.97 Å². The standard InChI is InChI=1S/C17H24FN3O4/c1-20-5-2-11(3-6-20)19-14-8-16(22)21(9-12(14)17(23)24)15-4-7-25-10-13(15)18/h8-9,11,13,15,19H,2-7,10H2,1H3,(H,23,24)/t13-,15-/m1/s1.